The SMILES string of the molecule is O=C(c1ccco1)N1CCCC(OCc2nc(C3CC3)no2)C1. The lowest BCUT2D eigenvalue weighted by Gasteiger charge is -2.31. The zero-order valence-corrected chi connectivity index (χ0v) is 12.8. The van der Waals surface area contributed by atoms with Crippen molar-refractivity contribution in [3.63, 3.8) is 0 Å². The van der Waals surface area contributed by atoms with E-state index in [9.17, 15) is 4.79 Å². The van der Waals surface area contributed by atoms with Gasteiger partial charge in [-0.2, -0.15) is 4.98 Å². The van der Waals surface area contributed by atoms with Gasteiger partial charge in [0.1, 0.15) is 6.61 Å². The average molecular weight is 317 g/mol. The Morgan fingerprint density at radius 1 is 1.39 bits per heavy atom. The number of likely N-dealkylation sites (tertiary alicyclic amines) is 1. The van der Waals surface area contributed by atoms with E-state index < -0.39 is 0 Å². The molecule has 3 heterocycles. The van der Waals surface area contributed by atoms with E-state index in [0.717, 1.165) is 38.1 Å². The number of ether oxygens (including phenoxy) is 1. The zero-order valence-electron chi connectivity index (χ0n) is 12.8. The molecule has 2 aromatic heterocycles. The summed E-state index contributed by atoms with van der Waals surface area (Å²) in [6.45, 7) is 1.59. The van der Waals surface area contributed by atoms with Crippen LogP contribution in [0.3, 0.4) is 0 Å². The largest absolute Gasteiger partial charge is 0.459 e. The maximum Gasteiger partial charge on any atom is 0.289 e. The molecule has 0 radical (unpaired) electrons. The van der Waals surface area contributed by atoms with E-state index in [1.165, 1.54) is 6.26 Å². The highest BCUT2D eigenvalue weighted by Crippen LogP contribution is 2.38. The van der Waals surface area contributed by atoms with Gasteiger partial charge in [0.2, 0.25) is 0 Å². The monoisotopic (exact) mass is 317 g/mol. The summed E-state index contributed by atoms with van der Waals surface area (Å²) >= 11 is 0. The van der Waals surface area contributed by atoms with Gasteiger partial charge in [-0.25, -0.2) is 0 Å². The second-order valence-electron chi connectivity index (χ2n) is 6.12. The molecule has 0 N–H and O–H groups in total. The van der Waals surface area contributed by atoms with Crippen molar-refractivity contribution in [3.8, 4) is 0 Å². The van der Waals surface area contributed by atoms with Crippen LogP contribution in [0.4, 0.5) is 0 Å². The topological polar surface area (TPSA) is 81.6 Å². The van der Waals surface area contributed by atoms with E-state index in [4.69, 9.17) is 13.7 Å². The van der Waals surface area contributed by atoms with Gasteiger partial charge in [-0.05, 0) is 37.8 Å². The molecule has 122 valence electrons. The minimum absolute atomic E-state index is 0.0149. The standard InChI is InChI=1S/C16H19N3O4/c20-16(13-4-2-8-21-13)19-7-1-3-12(9-19)22-10-14-17-15(18-23-14)11-5-6-11/h2,4,8,11-12H,1,3,5-7,9-10H2. The van der Waals surface area contributed by atoms with Crippen LogP contribution in [0.1, 0.15) is 53.9 Å². The van der Waals surface area contributed by atoms with E-state index >= 15 is 0 Å². The summed E-state index contributed by atoms with van der Waals surface area (Å²) in [5.74, 6) is 2.07. The second-order valence-corrected chi connectivity index (χ2v) is 6.12. The predicted octanol–water partition coefficient (Wildman–Crippen LogP) is 2.36. The van der Waals surface area contributed by atoms with Crippen molar-refractivity contribution in [2.75, 3.05) is 13.1 Å². The summed E-state index contributed by atoms with van der Waals surface area (Å²) < 4.78 is 16.2. The number of rotatable bonds is 5. The molecule has 0 spiro atoms. The Morgan fingerprint density at radius 3 is 3.09 bits per heavy atom. The van der Waals surface area contributed by atoms with Gasteiger partial charge in [0, 0.05) is 19.0 Å². The van der Waals surface area contributed by atoms with Gasteiger partial charge in [-0.3, -0.25) is 4.79 Å². The first-order valence-corrected chi connectivity index (χ1v) is 8.06. The van der Waals surface area contributed by atoms with Crippen molar-refractivity contribution in [3.05, 3.63) is 35.9 Å². The summed E-state index contributed by atoms with van der Waals surface area (Å²) in [6, 6.07) is 3.41. The van der Waals surface area contributed by atoms with Crippen LogP contribution in [-0.2, 0) is 11.3 Å². The number of amides is 1. The van der Waals surface area contributed by atoms with Gasteiger partial charge in [0.15, 0.2) is 11.6 Å². The molecule has 1 aliphatic heterocycles. The van der Waals surface area contributed by atoms with Crippen LogP contribution >= 0.6 is 0 Å². The fraction of sp³-hybridized carbons (Fsp3) is 0.562. The molecule has 1 saturated carbocycles. The number of piperidine rings is 1. The van der Waals surface area contributed by atoms with Crippen molar-refractivity contribution >= 4 is 5.91 Å². The Bertz CT molecular complexity index is 663. The van der Waals surface area contributed by atoms with Crippen molar-refractivity contribution in [1.29, 1.82) is 0 Å². The van der Waals surface area contributed by atoms with E-state index in [2.05, 4.69) is 10.1 Å². The molecule has 7 nitrogen and oxygen atoms in total. The molecule has 0 aromatic carbocycles. The summed E-state index contributed by atoms with van der Waals surface area (Å²) in [7, 11) is 0. The molecule has 2 aromatic rings. The first-order chi connectivity index (χ1) is 11.3. The van der Waals surface area contributed by atoms with Crippen LogP contribution in [-0.4, -0.2) is 40.1 Å². The minimum atomic E-state index is -0.0860. The van der Waals surface area contributed by atoms with Crippen LogP contribution in [0, 0.1) is 0 Å². The van der Waals surface area contributed by atoms with Gasteiger partial charge in [-0.15, -0.1) is 0 Å². The lowest BCUT2D eigenvalue weighted by Crippen LogP contribution is -2.43. The summed E-state index contributed by atoms with van der Waals surface area (Å²) in [4.78, 5) is 18.4. The lowest BCUT2D eigenvalue weighted by molar-refractivity contribution is -0.0160. The third kappa shape index (κ3) is 3.29. The fourth-order valence-corrected chi connectivity index (χ4v) is 2.84. The molecular weight excluding hydrogens is 298 g/mol. The second kappa shape index (κ2) is 6.16. The van der Waals surface area contributed by atoms with Gasteiger partial charge in [0.25, 0.3) is 11.8 Å². The Morgan fingerprint density at radius 2 is 2.30 bits per heavy atom. The molecule has 2 aliphatic rings. The summed E-state index contributed by atoms with van der Waals surface area (Å²) in [5, 5.41) is 3.98. The summed E-state index contributed by atoms with van der Waals surface area (Å²) in [5.41, 5.74) is 0. The average Bonchev–Trinajstić information content (AvgIpc) is 3.11. The fourth-order valence-electron chi connectivity index (χ4n) is 2.84. The molecule has 1 atom stereocenters. The van der Waals surface area contributed by atoms with Gasteiger partial charge >= 0.3 is 0 Å². The smallest absolute Gasteiger partial charge is 0.289 e. The van der Waals surface area contributed by atoms with Gasteiger partial charge < -0.3 is 18.6 Å². The normalized spacial score (nSPS) is 21.6. The van der Waals surface area contributed by atoms with E-state index in [-0.39, 0.29) is 12.0 Å². The molecule has 1 amide bonds. The van der Waals surface area contributed by atoms with E-state index in [1.807, 2.05) is 0 Å². The maximum atomic E-state index is 12.3. The molecule has 1 unspecified atom stereocenters. The van der Waals surface area contributed by atoms with Crippen molar-refractivity contribution in [2.45, 2.75) is 44.3 Å². The minimum Gasteiger partial charge on any atom is -0.459 e. The highest BCUT2D eigenvalue weighted by molar-refractivity contribution is 5.91. The van der Waals surface area contributed by atoms with Crippen molar-refractivity contribution in [2.24, 2.45) is 0 Å². The first kappa shape index (κ1) is 14.4. The van der Waals surface area contributed by atoms with E-state index in [0.29, 0.717) is 30.7 Å². The van der Waals surface area contributed by atoms with Crippen molar-refractivity contribution in [1.82, 2.24) is 15.0 Å². The molecule has 2 fully saturated rings. The number of aromatic nitrogens is 2. The lowest BCUT2D eigenvalue weighted by atomic mass is 10.1. The Hall–Kier alpha value is -2.15. The molecule has 1 aliphatic carbocycles. The van der Waals surface area contributed by atoms with Crippen LogP contribution in [0.2, 0.25) is 0 Å². The number of hydrogen-bond donors (Lipinski definition) is 0. The third-order valence-electron chi connectivity index (χ3n) is 4.27. The predicted molar refractivity (Wildman–Crippen MR) is 78.7 cm³/mol. The Labute approximate surface area is 133 Å². The highest BCUT2D eigenvalue weighted by Gasteiger charge is 2.29. The molecular formula is C16H19N3O4. The number of furan rings is 1. The molecule has 7 heteroatoms. The highest BCUT2D eigenvalue weighted by atomic mass is 16.5. The summed E-state index contributed by atoms with van der Waals surface area (Å²) in [6.07, 6.45) is 5.62. The van der Waals surface area contributed by atoms with Crippen LogP contribution in [0.5, 0.6) is 0 Å². The van der Waals surface area contributed by atoms with Crippen LogP contribution in [0.25, 0.3) is 0 Å². The number of hydrogen-bond acceptors (Lipinski definition) is 6. The van der Waals surface area contributed by atoms with Crippen molar-refractivity contribution < 1.29 is 18.5 Å². The number of carbonyl (C=O) groups excluding carboxylic acids is 1. The number of nitrogens with zero attached hydrogens (tertiary/aromatic N) is 3. The van der Waals surface area contributed by atoms with Gasteiger partial charge in [-0.1, -0.05) is 5.16 Å². The first-order valence-electron chi connectivity index (χ1n) is 8.06. The molecule has 4 rings (SSSR count). The number of carbonyl (C=O) groups is 1. The third-order valence-corrected chi connectivity index (χ3v) is 4.27. The maximum absolute atomic E-state index is 12.3. The Kier molecular flexibility index (Phi) is 3.87. The van der Waals surface area contributed by atoms with Gasteiger partial charge in [0.05, 0.1) is 12.4 Å². The molecule has 23 heavy (non-hydrogen) atoms. The molecule has 1 saturated heterocycles. The zero-order chi connectivity index (χ0) is 15.6. The van der Waals surface area contributed by atoms with Crippen LogP contribution in [0.15, 0.2) is 27.3 Å². The quantitative estimate of drug-likeness (QED) is 0.842. The Balaban J connectivity index is 1.31. The van der Waals surface area contributed by atoms with E-state index in [1.54, 1.807) is 17.0 Å². The molecule has 0 bridgehead atoms. The van der Waals surface area contributed by atoms with Crippen LogP contribution < -0.4 is 0 Å².